The lowest BCUT2D eigenvalue weighted by Gasteiger charge is -2.21. The molecule has 1 saturated carbocycles. The molecule has 1 fully saturated rings. The molecule has 0 N–H and O–H groups in total. The van der Waals surface area contributed by atoms with Crippen LogP contribution in [0.15, 0.2) is 48.5 Å². The molecule has 1 aliphatic rings. The van der Waals surface area contributed by atoms with Crippen molar-refractivity contribution in [3.05, 3.63) is 54.1 Å². The minimum absolute atomic E-state index is 0.705. The Bertz CT molecular complexity index is 790. The van der Waals surface area contributed by atoms with Crippen molar-refractivity contribution in [1.82, 2.24) is 9.88 Å². The third kappa shape index (κ3) is 4.20. The molecule has 2 aromatic carbocycles. The summed E-state index contributed by atoms with van der Waals surface area (Å²) < 4.78 is 7.09. The number of nitrogens with zero attached hydrogens (tertiary/aromatic N) is 2. The highest BCUT2D eigenvalue weighted by atomic mass is 32.1. The van der Waals surface area contributed by atoms with Crippen LogP contribution in [-0.4, -0.2) is 29.0 Å². The van der Waals surface area contributed by atoms with Gasteiger partial charge in [0.1, 0.15) is 5.75 Å². The van der Waals surface area contributed by atoms with Crippen LogP contribution in [0, 0.1) is 0 Å². The quantitative estimate of drug-likeness (QED) is 0.535. The average molecular weight is 353 g/mol. The van der Waals surface area contributed by atoms with E-state index < -0.39 is 0 Å². The monoisotopic (exact) mass is 352 g/mol. The third-order valence-corrected chi connectivity index (χ3v) is 5.58. The first-order valence-corrected chi connectivity index (χ1v) is 10.00. The van der Waals surface area contributed by atoms with E-state index in [1.165, 1.54) is 31.4 Å². The van der Waals surface area contributed by atoms with E-state index in [0.717, 1.165) is 35.0 Å². The first kappa shape index (κ1) is 16.6. The van der Waals surface area contributed by atoms with E-state index >= 15 is 0 Å². The number of hydrogen-bond donors (Lipinski definition) is 0. The Morgan fingerprint density at radius 3 is 2.60 bits per heavy atom. The average Bonchev–Trinajstić information content (AvgIpc) is 3.39. The number of thiazole rings is 1. The van der Waals surface area contributed by atoms with Crippen molar-refractivity contribution in [3.63, 3.8) is 0 Å². The van der Waals surface area contributed by atoms with Gasteiger partial charge in [0.05, 0.1) is 10.2 Å². The molecule has 1 aliphatic carbocycles. The summed E-state index contributed by atoms with van der Waals surface area (Å²) in [7, 11) is 0. The number of fused-ring (bicyclic) bond motifs is 1. The molecule has 0 unspecified atom stereocenters. The second-order valence-corrected chi connectivity index (χ2v) is 7.70. The van der Waals surface area contributed by atoms with Gasteiger partial charge < -0.3 is 9.64 Å². The minimum Gasteiger partial charge on any atom is -0.431 e. The third-order valence-electron chi connectivity index (χ3n) is 4.66. The molecule has 0 atom stereocenters. The summed E-state index contributed by atoms with van der Waals surface area (Å²) in [4.78, 5) is 7.17. The summed E-state index contributed by atoms with van der Waals surface area (Å²) in [5.74, 6) is 0.857. The van der Waals surface area contributed by atoms with Crippen molar-refractivity contribution in [2.24, 2.45) is 0 Å². The van der Waals surface area contributed by atoms with E-state index in [-0.39, 0.29) is 0 Å². The molecule has 4 heteroatoms. The first-order chi connectivity index (χ1) is 12.3. The molecule has 3 aromatic rings. The molecule has 1 aromatic heterocycles. The molecular formula is C21H24N2OS. The van der Waals surface area contributed by atoms with Crippen LogP contribution in [0.25, 0.3) is 10.2 Å². The number of aromatic nitrogens is 1. The molecular weight excluding hydrogens is 328 g/mol. The van der Waals surface area contributed by atoms with Crippen LogP contribution in [0.2, 0.25) is 0 Å². The normalized spacial score (nSPS) is 14.3. The highest BCUT2D eigenvalue weighted by Gasteiger charge is 2.27. The highest BCUT2D eigenvalue weighted by Crippen LogP contribution is 2.31. The standard InChI is InChI=1S/C21H24N2OS/c1-2-14-23(17-9-10-17)15-13-16-7-11-18(12-8-16)24-21-22-19-5-3-4-6-20(19)25-21/h3-8,11-12,17H,2,9-10,13-15H2,1H3. The summed E-state index contributed by atoms with van der Waals surface area (Å²) >= 11 is 1.59. The predicted molar refractivity (Wildman–Crippen MR) is 105 cm³/mol. The fourth-order valence-electron chi connectivity index (χ4n) is 3.20. The fraction of sp³-hybridized carbons (Fsp3) is 0.381. The van der Waals surface area contributed by atoms with Crippen LogP contribution in [0.4, 0.5) is 0 Å². The van der Waals surface area contributed by atoms with Gasteiger partial charge in [-0.3, -0.25) is 0 Å². The van der Waals surface area contributed by atoms with Crippen LogP contribution in [-0.2, 0) is 6.42 Å². The SMILES string of the molecule is CCCN(CCc1ccc(Oc2nc3ccccc3s2)cc1)C1CC1. The van der Waals surface area contributed by atoms with Crippen LogP contribution in [0.1, 0.15) is 31.7 Å². The van der Waals surface area contributed by atoms with E-state index in [2.05, 4.69) is 47.1 Å². The molecule has 0 spiro atoms. The molecule has 0 radical (unpaired) electrons. The van der Waals surface area contributed by atoms with Crippen molar-refractivity contribution in [3.8, 4) is 10.9 Å². The van der Waals surface area contributed by atoms with Crippen molar-refractivity contribution in [1.29, 1.82) is 0 Å². The molecule has 1 heterocycles. The zero-order valence-electron chi connectivity index (χ0n) is 14.6. The summed E-state index contributed by atoms with van der Waals surface area (Å²) in [6.45, 7) is 4.66. The maximum Gasteiger partial charge on any atom is 0.279 e. The molecule has 4 rings (SSSR count). The second-order valence-electron chi connectivity index (χ2n) is 6.71. The van der Waals surface area contributed by atoms with E-state index in [0.29, 0.717) is 5.19 Å². The van der Waals surface area contributed by atoms with Crippen LogP contribution in [0.3, 0.4) is 0 Å². The molecule has 25 heavy (non-hydrogen) atoms. The Kier molecular flexibility index (Phi) is 4.99. The summed E-state index contributed by atoms with van der Waals surface area (Å²) in [5.41, 5.74) is 2.37. The summed E-state index contributed by atoms with van der Waals surface area (Å²) in [6.07, 6.45) is 5.12. The Morgan fingerprint density at radius 2 is 1.88 bits per heavy atom. The molecule has 130 valence electrons. The van der Waals surface area contributed by atoms with Crippen LogP contribution in [0.5, 0.6) is 10.9 Å². The van der Waals surface area contributed by atoms with Gasteiger partial charge in [0.25, 0.3) is 5.19 Å². The largest absolute Gasteiger partial charge is 0.431 e. The van der Waals surface area contributed by atoms with Gasteiger partial charge in [0.15, 0.2) is 0 Å². The Balaban J connectivity index is 1.36. The predicted octanol–water partition coefficient (Wildman–Crippen LogP) is 5.51. The van der Waals surface area contributed by atoms with E-state index in [4.69, 9.17) is 4.74 Å². The van der Waals surface area contributed by atoms with Crippen LogP contribution >= 0.6 is 11.3 Å². The second kappa shape index (κ2) is 7.54. The van der Waals surface area contributed by atoms with Crippen molar-refractivity contribution >= 4 is 21.6 Å². The number of benzene rings is 2. The molecule has 0 amide bonds. The van der Waals surface area contributed by atoms with Gasteiger partial charge in [-0.15, -0.1) is 0 Å². The van der Waals surface area contributed by atoms with Gasteiger partial charge in [-0.1, -0.05) is 42.5 Å². The van der Waals surface area contributed by atoms with Gasteiger partial charge in [-0.05, 0) is 62.1 Å². The fourth-order valence-corrected chi connectivity index (χ4v) is 4.03. The van der Waals surface area contributed by atoms with Crippen LogP contribution < -0.4 is 4.74 Å². The maximum atomic E-state index is 5.93. The topological polar surface area (TPSA) is 25.4 Å². The Labute approximate surface area is 153 Å². The Morgan fingerprint density at radius 1 is 1.08 bits per heavy atom. The number of para-hydroxylation sites is 1. The lowest BCUT2D eigenvalue weighted by molar-refractivity contribution is 0.267. The highest BCUT2D eigenvalue weighted by molar-refractivity contribution is 7.20. The smallest absolute Gasteiger partial charge is 0.279 e. The minimum atomic E-state index is 0.705. The van der Waals surface area contributed by atoms with Crippen molar-refractivity contribution < 1.29 is 4.74 Å². The lowest BCUT2D eigenvalue weighted by Crippen LogP contribution is -2.29. The zero-order chi connectivity index (χ0) is 17.1. The van der Waals surface area contributed by atoms with Crippen molar-refractivity contribution in [2.45, 2.75) is 38.6 Å². The van der Waals surface area contributed by atoms with E-state index in [1.54, 1.807) is 11.3 Å². The van der Waals surface area contributed by atoms with Gasteiger partial charge in [0, 0.05) is 12.6 Å². The molecule has 3 nitrogen and oxygen atoms in total. The molecule has 0 aliphatic heterocycles. The molecule has 0 saturated heterocycles. The number of rotatable bonds is 8. The van der Waals surface area contributed by atoms with Gasteiger partial charge in [0.2, 0.25) is 0 Å². The van der Waals surface area contributed by atoms with E-state index in [9.17, 15) is 0 Å². The van der Waals surface area contributed by atoms with Gasteiger partial charge in [-0.25, -0.2) is 4.98 Å². The molecule has 0 bridgehead atoms. The number of hydrogen-bond acceptors (Lipinski definition) is 4. The van der Waals surface area contributed by atoms with Gasteiger partial charge >= 0.3 is 0 Å². The van der Waals surface area contributed by atoms with Crippen molar-refractivity contribution in [2.75, 3.05) is 13.1 Å². The summed E-state index contributed by atoms with van der Waals surface area (Å²) in [5, 5.41) is 0.705. The Hall–Kier alpha value is -1.91. The number of ether oxygens (including phenoxy) is 1. The summed E-state index contributed by atoms with van der Waals surface area (Å²) in [6, 6.07) is 17.5. The lowest BCUT2D eigenvalue weighted by atomic mass is 10.1. The zero-order valence-corrected chi connectivity index (χ0v) is 15.5. The van der Waals surface area contributed by atoms with Gasteiger partial charge in [-0.2, -0.15) is 0 Å². The maximum absolute atomic E-state index is 5.93. The first-order valence-electron chi connectivity index (χ1n) is 9.18. The van der Waals surface area contributed by atoms with E-state index in [1.807, 2.05) is 18.2 Å².